The van der Waals surface area contributed by atoms with Gasteiger partial charge in [0, 0.05) is 24.6 Å². The van der Waals surface area contributed by atoms with Crippen LogP contribution in [-0.2, 0) is 32.4 Å². The maximum atomic E-state index is 12.8. The number of nitrogens with zero attached hydrogens (tertiary/aromatic N) is 1. The third kappa shape index (κ3) is 11.6. The summed E-state index contributed by atoms with van der Waals surface area (Å²) in [5.41, 5.74) is 9.17. The highest BCUT2D eigenvalue weighted by atomic mass is 32.2. The van der Waals surface area contributed by atoms with Crippen LogP contribution in [0.25, 0.3) is 0 Å². The zero-order chi connectivity index (χ0) is 34.2. The fraction of sp³-hybridized carbons (Fsp3) is 0.545. The second-order valence-electron chi connectivity index (χ2n) is 12.9. The van der Waals surface area contributed by atoms with Gasteiger partial charge in [0.1, 0.15) is 23.5 Å². The first-order valence-corrected chi connectivity index (χ1v) is 16.7. The first-order valence-electron chi connectivity index (χ1n) is 15.2. The molecule has 1 heterocycles. The number of ether oxygens (including phenoxy) is 2. The van der Waals surface area contributed by atoms with E-state index in [0.717, 1.165) is 40.8 Å². The molecule has 0 saturated heterocycles. The van der Waals surface area contributed by atoms with Crippen LogP contribution in [0.4, 0.5) is 4.79 Å². The largest absolute Gasteiger partial charge is 0.487 e. The molecular formula is C33H51N5O6S. The number of amides is 2. The van der Waals surface area contributed by atoms with E-state index in [2.05, 4.69) is 20.3 Å². The lowest BCUT2D eigenvalue weighted by atomic mass is 9.94. The minimum absolute atomic E-state index is 0.000312. The Labute approximate surface area is 268 Å². The third-order valence-electron chi connectivity index (χ3n) is 6.89. The minimum atomic E-state index is -3.79. The third-order valence-corrected chi connectivity index (χ3v) is 8.52. The van der Waals surface area contributed by atoms with Gasteiger partial charge in [-0.15, -0.1) is 0 Å². The van der Waals surface area contributed by atoms with Gasteiger partial charge in [0.15, 0.2) is 0 Å². The van der Waals surface area contributed by atoms with E-state index in [9.17, 15) is 18.0 Å². The molecule has 0 unspecified atom stereocenters. The van der Waals surface area contributed by atoms with Crippen molar-refractivity contribution in [3.05, 3.63) is 58.1 Å². The summed E-state index contributed by atoms with van der Waals surface area (Å²) in [6.07, 6.45) is 1.63. The van der Waals surface area contributed by atoms with Crippen molar-refractivity contribution in [3.8, 4) is 5.75 Å². The van der Waals surface area contributed by atoms with Crippen molar-refractivity contribution < 1.29 is 27.5 Å². The topological polar surface area (TPSA) is 161 Å². The molecule has 2 aromatic carbocycles. The Kier molecular flexibility index (Phi) is 12.8. The number of nitrogens with two attached hydrogens (primary N) is 1. The lowest BCUT2D eigenvalue weighted by molar-refractivity contribution is -0.120. The first-order chi connectivity index (χ1) is 20.8. The molecule has 0 aliphatic carbocycles. The van der Waals surface area contributed by atoms with Gasteiger partial charge in [-0.25, -0.2) is 17.9 Å². The number of hydrogen-bond donors (Lipinski definition) is 4. The van der Waals surface area contributed by atoms with Crippen molar-refractivity contribution >= 4 is 28.0 Å². The molecule has 250 valence electrons. The van der Waals surface area contributed by atoms with Crippen LogP contribution in [0, 0.1) is 20.8 Å². The van der Waals surface area contributed by atoms with Crippen LogP contribution in [0.5, 0.6) is 5.75 Å². The number of guanidine groups is 1. The fourth-order valence-electron chi connectivity index (χ4n) is 4.91. The normalized spacial score (nSPS) is 14.7. The predicted octanol–water partition coefficient (Wildman–Crippen LogP) is 4.59. The number of sulfonamides is 1. The highest BCUT2D eigenvalue weighted by molar-refractivity contribution is 7.90. The lowest BCUT2D eigenvalue weighted by Gasteiger charge is -2.20. The molecule has 12 heteroatoms. The molecule has 2 amide bonds. The number of alkyl carbamates (subject to hydrolysis) is 1. The van der Waals surface area contributed by atoms with E-state index in [-0.39, 0.29) is 34.9 Å². The monoisotopic (exact) mass is 645 g/mol. The molecule has 0 fully saturated rings. The van der Waals surface area contributed by atoms with Gasteiger partial charge in [0.25, 0.3) is 10.0 Å². The molecule has 0 bridgehead atoms. The van der Waals surface area contributed by atoms with E-state index in [1.165, 1.54) is 0 Å². The highest BCUT2D eigenvalue weighted by Gasteiger charge is 2.36. The summed E-state index contributed by atoms with van der Waals surface area (Å²) in [5.74, 6) is 0.497. The zero-order valence-electron chi connectivity index (χ0n) is 28.4. The minimum Gasteiger partial charge on any atom is -0.487 e. The van der Waals surface area contributed by atoms with Crippen molar-refractivity contribution in [3.63, 3.8) is 0 Å². The molecule has 0 spiro atoms. The van der Waals surface area contributed by atoms with Gasteiger partial charge >= 0.3 is 6.09 Å². The Bertz CT molecular complexity index is 1480. The second-order valence-corrected chi connectivity index (χ2v) is 14.6. The molecule has 2 aromatic rings. The second kappa shape index (κ2) is 15.5. The van der Waals surface area contributed by atoms with Crippen LogP contribution in [0.2, 0.25) is 0 Å². The quantitative estimate of drug-likeness (QED) is 0.229. The number of nitrogens with one attached hydrogen (secondary N) is 3. The summed E-state index contributed by atoms with van der Waals surface area (Å²) in [4.78, 5) is 27.4. The lowest BCUT2D eigenvalue weighted by Crippen LogP contribution is -2.43. The molecule has 5 N–H and O–H groups in total. The molecule has 0 aromatic heterocycles. The van der Waals surface area contributed by atoms with Crippen LogP contribution in [0.3, 0.4) is 0 Å². The van der Waals surface area contributed by atoms with E-state index < -0.39 is 21.7 Å². The molecule has 0 saturated carbocycles. The number of carbonyl (C=O) groups excluding carboxylic acids is 2. The van der Waals surface area contributed by atoms with Gasteiger partial charge in [-0.05, 0) is 97.4 Å². The maximum Gasteiger partial charge on any atom is 0.408 e. The zero-order valence-corrected chi connectivity index (χ0v) is 29.2. The van der Waals surface area contributed by atoms with Gasteiger partial charge in [-0.2, -0.15) is 0 Å². The molecule has 3 rings (SSSR count). The molecule has 1 aliphatic rings. The summed E-state index contributed by atoms with van der Waals surface area (Å²) in [5, 5.41) is 5.27. The Morgan fingerprint density at radius 2 is 1.71 bits per heavy atom. The molecule has 0 radical (unpaired) electrons. The van der Waals surface area contributed by atoms with Crippen LogP contribution >= 0.6 is 0 Å². The van der Waals surface area contributed by atoms with E-state index >= 15 is 0 Å². The van der Waals surface area contributed by atoms with E-state index in [4.69, 9.17) is 15.2 Å². The van der Waals surface area contributed by atoms with E-state index in [1.807, 2.05) is 71.9 Å². The summed E-state index contributed by atoms with van der Waals surface area (Å²) in [6.45, 7) is 19.1. The van der Waals surface area contributed by atoms with E-state index in [0.29, 0.717) is 18.5 Å². The number of aliphatic imine (C=N–C) groups is 1. The summed E-state index contributed by atoms with van der Waals surface area (Å²) < 4.78 is 39.2. The highest BCUT2D eigenvalue weighted by Crippen LogP contribution is 2.43. The van der Waals surface area contributed by atoms with Crippen LogP contribution in [-0.4, -0.2) is 56.7 Å². The van der Waals surface area contributed by atoms with Crippen molar-refractivity contribution in [1.82, 2.24) is 15.4 Å². The summed E-state index contributed by atoms with van der Waals surface area (Å²) >= 11 is 0. The Morgan fingerprint density at radius 3 is 2.29 bits per heavy atom. The molecule has 1 aliphatic heterocycles. The fourth-order valence-corrected chi connectivity index (χ4v) is 6.44. The average molecular weight is 646 g/mol. The van der Waals surface area contributed by atoms with Crippen molar-refractivity contribution in [1.29, 1.82) is 0 Å². The van der Waals surface area contributed by atoms with Gasteiger partial charge in [-0.3, -0.25) is 9.79 Å². The first kappa shape index (κ1) is 37.4. The Balaban J connectivity index is 0.000000317. The SMILES string of the molecule is CCCN=C(N)NS(=O)(=O)c1c(C)c(C)c2c(c1C)CC(C)(C)O2.C[C@@H](Cc1ccccc1)NC(=O)CNC(=O)OC(C)(C)C. The summed E-state index contributed by atoms with van der Waals surface area (Å²) in [7, 11) is -3.79. The van der Waals surface area contributed by atoms with Gasteiger partial charge < -0.3 is 25.8 Å². The maximum absolute atomic E-state index is 12.8. The predicted molar refractivity (Wildman–Crippen MR) is 178 cm³/mol. The number of fused-ring (bicyclic) bond motifs is 1. The number of hydrogen-bond acceptors (Lipinski definition) is 7. The van der Waals surface area contributed by atoms with Gasteiger partial charge in [0.2, 0.25) is 11.9 Å². The van der Waals surface area contributed by atoms with Crippen LogP contribution < -0.4 is 25.8 Å². The van der Waals surface area contributed by atoms with Crippen molar-refractivity contribution in [2.75, 3.05) is 13.1 Å². The Morgan fingerprint density at radius 1 is 1.09 bits per heavy atom. The van der Waals surface area contributed by atoms with Gasteiger partial charge in [0.05, 0.1) is 4.90 Å². The molecule has 45 heavy (non-hydrogen) atoms. The standard InChI is InChI=1S/C17H27N3O3S.C16H24N2O3/c1-7-8-19-16(18)20-24(21,22)15-11(3)10(2)14-13(12(15)4)9-17(5,6)23-14;1-12(10-13-8-6-5-7-9-13)18-14(19)11-17-15(20)21-16(2,3)4/h7-9H2,1-6H3,(H3,18,19,20);5-9,12H,10-11H2,1-4H3,(H,17,20)(H,18,19)/t;12-/m.0/s1. The molecule has 11 nitrogen and oxygen atoms in total. The number of carbonyl (C=O) groups is 2. The van der Waals surface area contributed by atoms with Crippen molar-refractivity contribution in [2.45, 2.75) is 111 Å². The smallest absolute Gasteiger partial charge is 0.408 e. The number of benzene rings is 2. The summed E-state index contributed by atoms with van der Waals surface area (Å²) in [6, 6.07) is 9.92. The van der Waals surface area contributed by atoms with E-state index in [1.54, 1.807) is 27.7 Å². The average Bonchev–Trinajstić information content (AvgIpc) is 3.25. The van der Waals surface area contributed by atoms with Crippen LogP contribution in [0.1, 0.15) is 82.7 Å². The molecular weight excluding hydrogens is 594 g/mol. The van der Waals surface area contributed by atoms with Crippen LogP contribution in [0.15, 0.2) is 40.2 Å². The Hall–Kier alpha value is -3.80. The number of rotatable bonds is 9. The van der Waals surface area contributed by atoms with Gasteiger partial charge in [-0.1, -0.05) is 37.3 Å². The molecule has 1 atom stereocenters. The van der Waals surface area contributed by atoms with Crippen molar-refractivity contribution in [2.24, 2.45) is 10.7 Å².